The van der Waals surface area contributed by atoms with Crippen molar-refractivity contribution >= 4 is 5.69 Å². The van der Waals surface area contributed by atoms with Crippen molar-refractivity contribution in [3.05, 3.63) is 48.3 Å². The van der Waals surface area contributed by atoms with E-state index in [0.29, 0.717) is 12.2 Å². The zero-order valence-electron chi connectivity index (χ0n) is 9.94. The zero-order valence-corrected chi connectivity index (χ0v) is 9.94. The van der Waals surface area contributed by atoms with Gasteiger partial charge in [-0.15, -0.1) is 0 Å². The molecule has 0 unspecified atom stereocenters. The van der Waals surface area contributed by atoms with Gasteiger partial charge >= 0.3 is 6.61 Å². The Morgan fingerprint density at radius 2 is 2.00 bits per heavy atom. The van der Waals surface area contributed by atoms with Crippen LogP contribution in [-0.4, -0.2) is 11.2 Å². The van der Waals surface area contributed by atoms with Gasteiger partial charge in [0.15, 0.2) is 0 Å². The Bertz CT molecular complexity index is 511. The number of nitrogens with one attached hydrogen (secondary N) is 1. The number of aryl methyl sites for hydroxylation is 1. The highest BCUT2D eigenvalue weighted by atomic mass is 19.3. The highest BCUT2D eigenvalue weighted by Gasteiger charge is 2.08. The molecule has 2 aromatic rings. The third kappa shape index (κ3) is 3.00. The summed E-state index contributed by atoms with van der Waals surface area (Å²) in [5.41, 5.74) is 1.61. The molecule has 5 heteroatoms. The molecular weight excluding hydrogens is 238 g/mol. The van der Waals surface area contributed by atoms with E-state index in [4.69, 9.17) is 0 Å². The van der Waals surface area contributed by atoms with Crippen LogP contribution in [0.5, 0.6) is 5.75 Å². The minimum absolute atomic E-state index is 0.154. The van der Waals surface area contributed by atoms with Crippen molar-refractivity contribution in [3.63, 3.8) is 0 Å². The lowest BCUT2D eigenvalue weighted by Gasteiger charge is -2.12. The monoisotopic (exact) mass is 252 g/mol. The number of ether oxygens (including phenoxy) is 1. The molecule has 0 atom stereocenters. The van der Waals surface area contributed by atoms with Gasteiger partial charge in [-0.2, -0.15) is 8.78 Å². The molecule has 3 nitrogen and oxygen atoms in total. The van der Waals surface area contributed by atoms with Gasteiger partial charge in [0.1, 0.15) is 5.75 Å². The second-order valence-electron chi connectivity index (χ2n) is 3.84. The van der Waals surface area contributed by atoms with E-state index in [-0.39, 0.29) is 5.75 Å². The van der Waals surface area contributed by atoms with Gasteiger partial charge in [0, 0.05) is 18.9 Å². The third-order valence-electron chi connectivity index (χ3n) is 2.61. The van der Waals surface area contributed by atoms with Crippen LogP contribution in [0.2, 0.25) is 0 Å². The van der Waals surface area contributed by atoms with Crippen LogP contribution in [0.1, 0.15) is 5.69 Å². The molecular formula is C13H14F2N2O. The summed E-state index contributed by atoms with van der Waals surface area (Å²) >= 11 is 0. The van der Waals surface area contributed by atoms with E-state index in [9.17, 15) is 8.78 Å². The lowest BCUT2D eigenvalue weighted by molar-refractivity contribution is -0.0493. The van der Waals surface area contributed by atoms with Crippen LogP contribution in [0.4, 0.5) is 14.5 Å². The number of nitrogens with zero attached hydrogens (tertiary/aromatic N) is 1. The number of hydrogen-bond acceptors (Lipinski definition) is 2. The molecule has 0 aliphatic rings. The van der Waals surface area contributed by atoms with Crippen molar-refractivity contribution in [2.45, 2.75) is 13.2 Å². The first kappa shape index (κ1) is 12.4. The summed E-state index contributed by atoms with van der Waals surface area (Å²) in [4.78, 5) is 0. The first-order chi connectivity index (χ1) is 8.66. The molecule has 96 valence electrons. The molecule has 0 aliphatic carbocycles. The summed E-state index contributed by atoms with van der Waals surface area (Å²) in [6, 6.07) is 10.5. The van der Waals surface area contributed by atoms with Gasteiger partial charge in [-0.25, -0.2) is 0 Å². The quantitative estimate of drug-likeness (QED) is 0.884. The van der Waals surface area contributed by atoms with E-state index in [1.165, 1.54) is 6.07 Å². The maximum atomic E-state index is 12.2. The van der Waals surface area contributed by atoms with Gasteiger partial charge < -0.3 is 14.6 Å². The van der Waals surface area contributed by atoms with E-state index >= 15 is 0 Å². The number of anilines is 1. The lowest BCUT2D eigenvalue weighted by Crippen LogP contribution is -2.08. The average Bonchev–Trinajstić information content (AvgIpc) is 2.73. The highest BCUT2D eigenvalue weighted by molar-refractivity contribution is 5.56. The van der Waals surface area contributed by atoms with Crippen molar-refractivity contribution in [1.82, 2.24) is 4.57 Å². The Morgan fingerprint density at radius 1 is 1.22 bits per heavy atom. The smallest absolute Gasteiger partial charge is 0.387 e. The Kier molecular flexibility index (Phi) is 3.82. The van der Waals surface area contributed by atoms with Gasteiger partial charge in [0.2, 0.25) is 0 Å². The van der Waals surface area contributed by atoms with Crippen LogP contribution in [0.15, 0.2) is 42.6 Å². The van der Waals surface area contributed by atoms with Crippen molar-refractivity contribution in [2.75, 3.05) is 5.32 Å². The average molecular weight is 252 g/mol. The molecule has 1 N–H and O–H groups in total. The molecule has 0 radical (unpaired) electrons. The lowest BCUT2D eigenvalue weighted by atomic mass is 10.3. The number of halogens is 2. The van der Waals surface area contributed by atoms with Crippen LogP contribution in [0, 0.1) is 0 Å². The van der Waals surface area contributed by atoms with E-state index in [2.05, 4.69) is 10.1 Å². The summed E-state index contributed by atoms with van der Waals surface area (Å²) in [6.45, 7) is -2.27. The van der Waals surface area contributed by atoms with Gasteiger partial charge in [-0.1, -0.05) is 12.1 Å². The molecule has 1 aromatic carbocycles. The number of hydrogen-bond donors (Lipinski definition) is 1. The molecule has 1 aromatic heterocycles. The molecule has 2 rings (SSSR count). The number of alkyl halides is 2. The second kappa shape index (κ2) is 5.53. The molecule has 0 aliphatic heterocycles. The Hall–Kier alpha value is -2.04. The van der Waals surface area contributed by atoms with Gasteiger partial charge in [-0.3, -0.25) is 0 Å². The van der Waals surface area contributed by atoms with Gasteiger partial charge in [-0.05, 0) is 24.3 Å². The van der Waals surface area contributed by atoms with Crippen LogP contribution >= 0.6 is 0 Å². The van der Waals surface area contributed by atoms with Crippen LogP contribution in [0.25, 0.3) is 0 Å². The topological polar surface area (TPSA) is 26.2 Å². The molecule has 0 saturated heterocycles. The maximum absolute atomic E-state index is 12.2. The molecule has 0 saturated carbocycles. The minimum Gasteiger partial charge on any atom is -0.433 e. The minimum atomic E-state index is -2.82. The van der Waals surface area contributed by atoms with E-state index < -0.39 is 6.61 Å². The van der Waals surface area contributed by atoms with Gasteiger partial charge in [0.05, 0.1) is 12.2 Å². The number of rotatable bonds is 5. The van der Waals surface area contributed by atoms with Crippen LogP contribution in [-0.2, 0) is 13.6 Å². The summed E-state index contributed by atoms with van der Waals surface area (Å²) in [5, 5.41) is 3.08. The van der Waals surface area contributed by atoms with Gasteiger partial charge in [0.25, 0.3) is 0 Å². The second-order valence-corrected chi connectivity index (χ2v) is 3.84. The van der Waals surface area contributed by atoms with Crippen molar-refractivity contribution < 1.29 is 13.5 Å². The Labute approximate surface area is 104 Å². The normalized spacial score (nSPS) is 10.7. The fourth-order valence-corrected chi connectivity index (χ4v) is 1.68. The summed E-state index contributed by atoms with van der Waals surface area (Å²) < 4.78 is 30.9. The molecule has 1 heterocycles. The Morgan fingerprint density at radius 3 is 2.67 bits per heavy atom. The largest absolute Gasteiger partial charge is 0.433 e. The van der Waals surface area contributed by atoms with Crippen molar-refractivity contribution in [3.8, 4) is 5.75 Å². The van der Waals surface area contributed by atoms with Crippen molar-refractivity contribution in [1.29, 1.82) is 0 Å². The van der Waals surface area contributed by atoms with Crippen molar-refractivity contribution in [2.24, 2.45) is 7.05 Å². The summed E-state index contributed by atoms with van der Waals surface area (Å²) in [6.07, 6.45) is 1.93. The number of para-hydroxylation sites is 2. The first-order valence-electron chi connectivity index (χ1n) is 5.55. The summed E-state index contributed by atoms with van der Waals surface area (Å²) in [7, 11) is 1.93. The van der Waals surface area contributed by atoms with E-state index in [1.807, 2.05) is 29.9 Å². The van der Waals surface area contributed by atoms with E-state index in [1.54, 1.807) is 18.2 Å². The number of benzene rings is 1. The zero-order chi connectivity index (χ0) is 13.0. The number of aromatic nitrogens is 1. The predicted molar refractivity (Wildman–Crippen MR) is 65.8 cm³/mol. The van der Waals surface area contributed by atoms with Crippen LogP contribution < -0.4 is 10.1 Å². The van der Waals surface area contributed by atoms with E-state index in [0.717, 1.165) is 5.69 Å². The SMILES string of the molecule is Cn1cccc1CNc1ccccc1OC(F)F. The van der Waals surface area contributed by atoms with Crippen LogP contribution in [0.3, 0.4) is 0 Å². The summed E-state index contributed by atoms with van der Waals surface area (Å²) in [5.74, 6) is 0.154. The third-order valence-corrected chi connectivity index (χ3v) is 2.61. The molecule has 0 amide bonds. The fourth-order valence-electron chi connectivity index (χ4n) is 1.68. The predicted octanol–water partition coefficient (Wildman–Crippen LogP) is 3.24. The standard InChI is InChI=1S/C13H14F2N2O/c1-17-8-4-5-10(17)9-16-11-6-2-3-7-12(11)18-13(14)15/h2-8,13,16H,9H2,1H3. The molecule has 0 bridgehead atoms. The highest BCUT2D eigenvalue weighted by Crippen LogP contribution is 2.25. The fraction of sp³-hybridized carbons (Fsp3) is 0.231. The molecule has 0 fully saturated rings. The molecule has 0 spiro atoms. The molecule has 18 heavy (non-hydrogen) atoms. The Balaban J connectivity index is 2.07. The first-order valence-corrected chi connectivity index (χ1v) is 5.55. The maximum Gasteiger partial charge on any atom is 0.387 e.